The molecule has 1 aliphatic rings. The van der Waals surface area contributed by atoms with Gasteiger partial charge in [-0.05, 0) is 45.4 Å². The van der Waals surface area contributed by atoms with Crippen LogP contribution in [0.25, 0.3) is 0 Å². The number of Topliss-reactive ketones (excluding diaryl/α,β-unsaturated/α-hetero) is 2. The van der Waals surface area contributed by atoms with Crippen molar-refractivity contribution in [1.82, 2.24) is 14.2 Å². The lowest BCUT2D eigenvalue weighted by Gasteiger charge is -2.37. The van der Waals surface area contributed by atoms with E-state index < -0.39 is 32.7 Å². The van der Waals surface area contributed by atoms with Gasteiger partial charge in [0, 0.05) is 37.4 Å². The number of aryl methyl sites for hydroxylation is 1. The van der Waals surface area contributed by atoms with Gasteiger partial charge in [-0.15, -0.1) is 0 Å². The molecule has 1 aliphatic heterocycles. The number of alkyl halides is 3. The van der Waals surface area contributed by atoms with Gasteiger partial charge < -0.3 is 4.98 Å². The van der Waals surface area contributed by atoms with Crippen LogP contribution < -0.4 is 0 Å². The second-order valence-electron chi connectivity index (χ2n) is 8.16. The fourth-order valence-electron chi connectivity index (χ4n) is 4.30. The Morgan fingerprint density at radius 2 is 1.64 bits per heavy atom. The predicted octanol–water partition coefficient (Wildman–Crippen LogP) is 3.43. The number of carbonyl (C=O) groups is 2. The first-order chi connectivity index (χ1) is 15.3. The summed E-state index contributed by atoms with van der Waals surface area (Å²) in [6.45, 7) is 6.79. The van der Waals surface area contributed by atoms with Gasteiger partial charge >= 0.3 is 6.18 Å². The van der Waals surface area contributed by atoms with E-state index in [1.165, 1.54) is 13.0 Å². The Kier molecular flexibility index (Phi) is 6.88. The van der Waals surface area contributed by atoms with Crippen molar-refractivity contribution < 1.29 is 31.2 Å². The number of nitrogens with zero attached hydrogens (tertiary/aromatic N) is 2. The zero-order chi connectivity index (χ0) is 24.7. The zero-order valence-electron chi connectivity index (χ0n) is 18.8. The number of ketones is 2. The van der Waals surface area contributed by atoms with E-state index in [9.17, 15) is 31.2 Å². The third kappa shape index (κ3) is 4.75. The molecule has 180 valence electrons. The largest absolute Gasteiger partial charge is 0.417 e. The van der Waals surface area contributed by atoms with Crippen molar-refractivity contribution in [3.05, 3.63) is 52.3 Å². The van der Waals surface area contributed by atoms with Crippen LogP contribution >= 0.6 is 0 Å². The lowest BCUT2D eigenvalue weighted by atomic mass is 10.0. The number of hydrogen-bond donors (Lipinski definition) is 1. The number of sulfonamides is 1. The van der Waals surface area contributed by atoms with Gasteiger partial charge in [-0.2, -0.15) is 17.5 Å². The van der Waals surface area contributed by atoms with Gasteiger partial charge in [-0.25, -0.2) is 8.42 Å². The van der Waals surface area contributed by atoms with Crippen LogP contribution in [0.15, 0.2) is 29.2 Å². The minimum Gasteiger partial charge on any atom is -0.355 e. The molecule has 0 spiro atoms. The predicted molar refractivity (Wildman–Crippen MR) is 116 cm³/mol. The van der Waals surface area contributed by atoms with E-state index in [2.05, 4.69) is 4.98 Å². The van der Waals surface area contributed by atoms with Crippen LogP contribution in [0.5, 0.6) is 0 Å². The SMILES string of the molecule is CC(=O)c1c(C)[nH]c(C(=O)[C@@H](C)N2CCN(S(=O)(=O)c3ccccc3C(F)(F)F)CC2)c1C. The highest BCUT2D eigenvalue weighted by Gasteiger charge is 2.40. The van der Waals surface area contributed by atoms with E-state index in [1.807, 2.05) is 0 Å². The Morgan fingerprint density at radius 1 is 1.06 bits per heavy atom. The fourth-order valence-corrected chi connectivity index (χ4v) is 5.93. The summed E-state index contributed by atoms with van der Waals surface area (Å²) < 4.78 is 66.9. The first kappa shape index (κ1) is 25.1. The summed E-state index contributed by atoms with van der Waals surface area (Å²) in [4.78, 5) is 28.9. The fraction of sp³-hybridized carbons (Fsp3) is 0.455. The van der Waals surface area contributed by atoms with Crippen molar-refractivity contribution in [2.24, 2.45) is 0 Å². The molecule has 2 aromatic rings. The van der Waals surface area contributed by atoms with Gasteiger partial charge in [0.2, 0.25) is 10.0 Å². The van der Waals surface area contributed by atoms with Crippen molar-refractivity contribution in [1.29, 1.82) is 0 Å². The molecule has 1 aromatic carbocycles. The van der Waals surface area contributed by atoms with Crippen molar-refractivity contribution in [2.45, 2.75) is 44.8 Å². The van der Waals surface area contributed by atoms with Gasteiger partial charge in [0.1, 0.15) is 0 Å². The number of aromatic amines is 1. The Hall–Kier alpha value is -2.50. The first-order valence-corrected chi connectivity index (χ1v) is 11.9. The molecule has 0 aliphatic carbocycles. The van der Waals surface area contributed by atoms with Crippen molar-refractivity contribution in [3.8, 4) is 0 Å². The van der Waals surface area contributed by atoms with Gasteiger partial charge in [-0.3, -0.25) is 14.5 Å². The Labute approximate surface area is 190 Å². The maximum absolute atomic E-state index is 13.3. The number of aromatic nitrogens is 1. The average Bonchev–Trinajstić information content (AvgIpc) is 3.06. The standard InChI is InChI=1S/C22H26F3N3O4S/c1-13-19(16(4)29)14(2)26-20(13)21(30)15(3)27-9-11-28(12-10-27)33(31,32)18-8-6-5-7-17(18)22(23,24)25/h5-8,15,26H,9-12H2,1-4H3/t15-/m1/s1. The van der Waals surface area contributed by atoms with Crippen LogP contribution in [0.3, 0.4) is 0 Å². The van der Waals surface area contributed by atoms with Crippen LogP contribution in [0.2, 0.25) is 0 Å². The van der Waals surface area contributed by atoms with E-state index >= 15 is 0 Å². The van der Waals surface area contributed by atoms with E-state index in [-0.39, 0.29) is 37.7 Å². The highest BCUT2D eigenvalue weighted by molar-refractivity contribution is 7.89. The molecule has 1 saturated heterocycles. The molecule has 0 amide bonds. The lowest BCUT2D eigenvalue weighted by molar-refractivity contribution is -0.139. The Bertz CT molecular complexity index is 1180. The monoisotopic (exact) mass is 485 g/mol. The number of halogens is 3. The van der Waals surface area contributed by atoms with Crippen molar-refractivity contribution >= 4 is 21.6 Å². The molecular formula is C22H26F3N3O4S. The summed E-state index contributed by atoms with van der Waals surface area (Å²) in [6, 6.07) is 3.51. The molecule has 0 saturated carbocycles. The van der Waals surface area contributed by atoms with Crippen LogP contribution in [-0.4, -0.2) is 66.4 Å². The highest BCUT2D eigenvalue weighted by atomic mass is 32.2. The summed E-state index contributed by atoms with van der Waals surface area (Å²) in [5.41, 5.74) is 0.788. The topological polar surface area (TPSA) is 90.6 Å². The Morgan fingerprint density at radius 3 is 2.15 bits per heavy atom. The molecule has 33 heavy (non-hydrogen) atoms. The molecule has 0 radical (unpaired) electrons. The van der Waals surface area contributed by atoms with E-state index in [1.54, 1.807) is 25.7 Å². The van der Waals surface area contributed by atoms with E-state index in [0.717, 1.165) is 22.5 Å². The average molecular weight is 486 g/mol. The van der Waals surface area contributed by atoms with Crippen LogP contribution in [0.4, 0.5) is 13.2 Å². The number of nitrogens with one attached hydrogen (secondary N) is 1. The molecule has 1 fully saturated rings. The molecular weight excluding hydrogens is 459 g/mol. The summed E-state index contributed by atoms with van der Waals surface area (Å²) in [6.07, 6.45) is -4.79. The molecule has 0 bridgehead atoms. The number of H-pyrrole nitrogens is 1. The molecule has 1 N–H and O–H groups in total. The first-order valence-electron chi connectivity index (χ1n) is 10.4. The second-order valence-corrected chi connectivity index (χ2v) is 10.1. The highest BCUT2D eigenvalue weighted by Crippen LogP contribution is 2.35. The van der Waals surface area contributed by atoms with Gasteiger partial charge in [-0.1, -0.05) is 12.1 Å². The second kappa shape index (κ2) is 9.03. The molecule has 1 atom stereocenters. The molecule has 3 rings (SSSR count). The maximum atomic E-state index is 13.3. The smallest absolute Gasteiger partial charge is 0.355 e. The minimum atomic E-state index is -4.79. The quantitative estimate of drug-likeness (QED) is 0.633. The summed E-state index contributed by atoms with van der Waals surface area (Å²) in [5.74, 6) is -0.382. The summed E-state index contributed by atoms with van der Waals surface area (Å²) in [7, 11) is -4.36. The maximum Gasteiger partial charge on any atom is 0.417 e. The number of benzene rings is 1. The van der Waals surface area contributed by atoms with Crippen molar-refractivity contribution in [2.75, 3.05) is 26.2 Å². The van der Waals surface area contributed by atoms with Gasteiger partial charge in [0.15, 0.2) is 11.6 Å². The number of rotatable bonds is 6. The number of hydrogen-bond acceptors (Lipinski definition) is 5. The number of piperazine rings is 1. The summed E-state index contributed by atoms with van der Waals surface area (Å²) in [5, 5.41) is 0. The van der Waals surface area contributed by atoms with Crippen LogP contribution in [0, 0.1) is 13.8 Å². The van der Waals surface area contributed by atoms with E-state index in [0.29, 0.717) is 22.5 Å². The number of carbonyl (C=O) groups excluding carboxylic acids is 2. The third-order valence-corrected chi connectivity index (χ3v) is 8.00. The zero-order valence-corrected chi connectivity index (χ0v) is 19.6. The van der Waals surface area contributed by atoms with Crippen LogP contribution in [0.1, 0.15) is 51.5 Å². The molecule has 1 aromatic heterocycles. The van der Waals surface area contributed by atoms with Crippen molar-refractivity contribution in [3.63, 3.8) is 0 Å². The molecule has 0 unspecified atom stereocenters. The van der Waals surface area contributed by atoms with Gasteiger partial charge in [0.05, 0.1) is 22.2 Å². The molecule has 2 heterocycles. The minimum absolute atomic E-state index is 0.0480. The third-order valence-electron chi connectivity index (χ3n) is 6.05. The molecule has 7 nitrogen and oxygen atoms in total. The van der Waals surface area contributed by atoms with Gasteiger partial charge in [0.25, 0.3) is 0 Å². The Balaban J connectivity index is 1.76. The normalized spacial score (nSPS) is 17.2. The van der Waals surface area contributed by atoms with Crippen LogP contribution in [-0.2, 0) is 16.2 Å². The molecule has 11 heteroatoms. The van der Waals surface area contributed by atoms with E-state index in [4.69, 9.17) is 0 Å². The lowest BCUT2D eigenvalue weighted by Crippen LogP contribution is -2.53. The summed E-state index contributed by atoms with van der Waals surface area (Å²) >= 11 is 0.